The molecule has 2 aliphatic rings. The van der Waals surface area contributed by atoms with Gasteiger partial charge in [0.05, 0.1) is 6.04 Å². The highest BCUT2D eigenvalue weighted by Gasteiger charge is 2.36. The van der Waals surface area contributed by atoms with E-state index < -0.39 is 0 Å². The van der Waals surface area contributed by atoms with Gasteiger partial charge in [0.25, 0.3) is 0 Å². The topological polar surface area (TPSA) is 29.3 Å². The highest BCUT2D eigenvalue weighted by Crippen LogP contribution is 2.40. The van der Waals surface area contributed by atoms with Crippen LogP contribution in [0.25, 0.3) is 0 Å². The van der Waals surface area contributed by atoms with Crippen LogP contribution in [0.3, 0.4) is 0 Å². The van der Waals surface area contributed by atoms with Crippen LogP contribution in [-0.2, 0) is 0 Å². The van der Waals surface area contributed by atoms with Crippen molar-refractivity contribution in [1.29, 1.82) is 0 Å². The van der Waals surface area contributed by atoms with Crippen LogP contribution in [0.15, 0.2) is 15.9 Å². The largest absolute Gasteiger partial charge is 0.329 e. The van der Waals surface area contributed by atoms with Gasteiger partial charge in [-0.15, -0.1) is 11.3 Å². The highest BCUT2D eigenvalue weighted by atomic mass is 79.9. The van der Waals surface area contributed by atoms with Crippen LogP contribution >= 0.6 is 27.3 Å². The smallest absolute Gasteiger partial charge is 0.0567 e. The van der Waals surface area contributed by atoms with Gasteiger partial charge in [0.1, 0.15) is 0 Å². The van der Waals surface area contributed by atoms with Crippen molar-refractivity contribution in [2.24, 2.45) is 11.7 Å². The number of hydrogen-bond acceptors (Lipinski definition) is 3. The number of nitrogens with zero attached hydrogens (tertiary/aromatic N) is 1. The molecule has 2 N–H and O–H groups in total. The molecule has 106 valence electrons. The van der Waals surface area contributed by atoms with Crippen molar-refractivity contribution in [3.05, 3.63) is 20.8 Å². The molecule has 2 fully saturated rings. The second-order valence-corrected chi connectivity index (χ2v) is 7.77. The summed E-state index contributed by atoms with van der Waals surface area (Å²) in [5.74, 6) is 0.931. The first kappa shape index (κ1) is 14.1. The van der Waals surface area contributed by atoms with E-state index >= 15 is 0 Å². The van der Waals surface area contributed by atoms with Crippen LogP contribution in [0.2, 0.25) is 0 Å². The molecule has 0 radical (unpaired) electrons. The molecule has 0 bridgehead atoms. The first-order chi connectivity index (χ1) is 9.29. The third-order valence-electron chi connectivity index (χ3n) is 4.83. The number of nitrogens with two attached hydrogens (primary N) is 1. The summed E-state index contributed by atoms with van der Waals surface area (Å²) in [7, 11) is 0. The van der Waals surface area contributed by atoms with E-state index in [1.54, 1.807) is 0 Å². The summed E-state index contributed by atoms with van der Waals surface area (Å²) >= 11 is 5.42. The molecule has 1 aromatic rings. The van der Waals surface area contributed by atoms with Gasteiger partial charge in [-0.2, -0.15) is 0 Å². The van der Waals surface area contributed by atoms with Crippen molar-refractivity contribution in [1.82, 2.24) is 4.90 Å². The second-order valence-electron chi connectivity index (χ2n) is 5.91. The van der Waals surface area contributed by atoms with Crippen LogP contribution < -0.4 is 5.73 Å². The first-order valence-corrected chi connectivity index (χ1v) is 9.16. The van der Waals surface area contributed by atoms with E-state index in [4.69, 9.17) is 5.73 Å². The van der Waals surface area contributed by atoms with Gasteiger partial charge < -0.3 is 5.73 Å². The number of thiophene rings is 1. The van der Waals surface area contributed by atoms with Crippen molar-refractivity contribution in [2.45, 2.75) is 50.6 Å². The Hall–Kier alpha value is 0.1000. The van der Waals surface area contributed by atoms with Gasteiger partial charge in [-0.1, -0.05) is 12.8 Å². The molecule has 3 rings (SSSR count). The van der Waals surface area contributed by atoms with Gasteiger partial charge in [-0.05, 0) is 60.1 Å². The van der Waals surface area contributed by atoms with Crippen LogP contribution in [0.5, 0.6) is 0 Å². The summed E-state index contributed by atoms with van der Waals surface area (Å²) < 4.78 is 1.20. The maximum absolute atomic E-state index is 6.12. The van der Waals surface area contributed by atoms with Crippen LogP contribution in [0.4, 0.5) is 0 Å². The van der Waals surface area contributed by atoms with Crippen LogP contribution in [-0.4, -0.2) is 24.0 Å². The molecule has 1 aliphatic carbocycles. The lowest BCUT2D eigenvalue weighted by Gasteiger charge is -2.47. The molecule has 19 heavy (non-hydrogen) atoms. The third-order valence-corrected chi connectivity index (χ3v) is 6.62. The van der Waals surface area contributed by atoms with Gasteiger partial charge in [-0.3, -0.25) is 4.90 Å². The summed E-state index contributed by atoms with van der Waals surface area (Å²) in [5, 5.41) is 2.18. The Morgan fingerprint density at radius 2 is 2.11 bits per heavy atom. The molecule has 4 heteroatoms. The van der Waals surface area contributed by atoms with E-state index in [0.29, 0.717) is 6.04 Å². The molecule has 0 aromatic carbocycles. The number of likely N-dealkylation sites (tertiary alicyclic amines) is 1. The summed E-state index contributed by atoms with van der Waals surface area (Å²) in [6, 6.07) is 3.48. The molecular weight excluding hydrogens is 320 g/mol. The number of rotatable bonds is 3. The quantitative estimate of drug-likeness (QED) is 0.893. The van der Waals surface area contributed by atoms with Gasteiger partial charge in [0, 0.05) is 27.3 Å². The van der Waals surface area contributed by atoms with Crippen molar-refractivity contribution in [3.8, 4) is 0 Å². The second kappa shape index (κ2) is 6.25. The number of hydrogen-bond donors (Lipinski definition) is 1. The maximum Gasteiger partial charge on any atom is 0.0567 e. The normalized spacial score (nSPS) is 30.0. The average molecular weight is 343 g/mol. The number of fused-ring (bicyclic) bond motifs is 1. The van der Waals surface area contributed by atoms with Crippen LogP contribution in [0.1, 0.15) is 49.4 Å². The molecule has 1 aromatic heterocycles. The minimum atomic E-state index is 0.433. The molecule has 2 nitrogen and oxygen atoms in total. The van der Waals surface area contributed by atoms with Gasteiger partial charge in [-0.25, -0.2) is 0 Å². The Kier molecular flexibility index (Phi) is 4.62. The molecule has 0 amide bonds. The lowest BCUT2D eigenvalue weighted by molar-refractivity contribution is 0.0287. The van der Waals surface area contributed by atoms with E-state index in [1.165, 1.54) is 54.4 Å². The minimum absolute atomic E-state index is 0.433. The fourth-order valence-corrected chi connectivity index (χ4v) is 5.55. The van der Waals surface area contributed by atoms with Crippen molar-refractivity contribution < 1.29 is 0 Å². The van der Waals surface area contributed by atoms with Gasteiger partial charge in [0.15, 0.2) is 0 Å². The van der Waals surface area contributed by atoms with Crippen LogP contribution in [0, 0.1) is 5.92 Å². The van der Waals surface area contributed by atoms with E-state index in [2.05, 4.69) is 32.3 Å². The summed E-state index contributed by atoms with van der Waals surface area (Å²) in [5.41, 5.74) is 6.12. The standard InChI is InChI=1S/C15H23BrN2S/c16-12-8-15(19-10-12)14(9-17)18-7-3-5-11-4-1-2-6-13(11)18/h8,10-11,13-14H,1-7,9,17H2. The molecule has 3 unspecified atom stereocenters. The first-order valence-electron chi connectivity index (χ1n) is 7.49. The lowest BCUT2D eigenvalue weighted by Crippen LogP contribution is -2.49. The van der Waals surface area contributed by atoms with Gasteiger partial charge >= 0.3 is 0 Å². The van der Waals surface area contributed by atoms with E-state index in [-0.39, 0.29) is 0 Å². The Morgan fingerprint density at radius 3 is 2.84 bits per heavy atom. The number of halogens is 1. The average Bonchev–Trinajstić information content (AvgIpc) is 2.86. The fourth-order valence-electron chi connectivity index (χ4n) is 3.97. The minimum Gasteiger partial charge on any atom is -0.329 e. The molecule has 3 atom stereocenters. The Labute approximate surface area is 128 Å². The highest BCUT2D eigenvalue weighted by molar-refractivity contribution is 9.10. The third kappa shape index (κ3) is 2.92. The molecule has 1 aliphatic heterocycles. The fraction of sp³-hybridized carbons (Fsp3) is 0.733. The van der Waals surface area contributed by atoms with E-state index in [1.807, 2.05) is 11.3 Å². The zero-order valence-corrected chi connectivity index (χ0v) is 13.8. The summed E-state index contributed by atoms with van der Waals surface area (Å²) in [6.07, 6.45) is 8.45. The number of piperidine rings is 1. The predicted octanol–water partition coefficient (Wildman–Crippen LogP) is 4.17. The van der Waals surface area contributed by atoms with E-state index in [0.717, 1.165) is 18.5 Å². The van der Waals surface area contributed by atoms with Crippen molar-refractivity contribution in [2.75, 3.05) is 13.1 Å². The molecule has 2 heterocycles. The molecule has 1 saturated heterocycles. The molecule has 0 spiro atoms. The van der Waals surface area contributed by atoms with Crippen molar-refractivity contribution in [3.63, 3.8) is 0 Å². The SMILES string of the molecule is NCC(c1cc(Br)cs1)N1CCCC2CCCCC21. The Balaban J connectivity index is 1.81. The Bertz CT molecular complexity index is 418. The zero-order valence-electron chi connectivity index (χ0n) is 11.4. The Morgan fingerprint density at radius 1 is 1.32 bits per heavy atom. The summed E-state index contributed by atoms with van der Waals surface area (Å²) in [4.78, 5) is 4.16. The lowest BCUT2D eigenvalue weighted by atomic mass is 9.77. The predicted molar refractivity (Wildman–Crippen MR) is 85.5 cm³/mol. The molecular formula is C15H23BrN2S. The maximum atomic E-state index is 6.12. The monoisotopic (exact) mass is 342 g/mol. The summed E-state index contributed by atoms with van der Waals surface area (Å²) in [6.45, 7) is 1.98. The zero-order chi connectivity index (χ0) is 13.2. The van der Waals surface area contributed by atoms with Crippen molar-refractivity contribution >= 4 is 27.3 Å². The van der Waals surface area contributed by atoms with Gasteiger partial charge in [0.2, 0.25) is 0 Å². The van der Waals surface area contributed by atoms with E-state index in [9.17, 15) is 0 Å². The molecule has 1 saturated carbocycles.